The first-order valence-corrected chi connectivity index (χ1v) is 6.47. The van der Waals surface area contributed by atoms with Crippen molar-refractivity contribution in [2.45, 2.75) is 0 Å². The van der Waals surface area contributed by atoms with Gasteiger partial charge in [0.25, 0.3) is 0 Å². The zero-order valence-corrected chi connectivity index (χ0v) is 11.6. The summed E-state index contributed by atoms with van der Waals surface area (Å²) in [6, 6.07) is 12.5. The van der Waals surface area contributed by atoms with E-state index in [1.165, 1.54) is 7.11 Å². The van der Waals surface area contributed by atoms with Crippen LogP contribution in [0, 0.1) is 0 Å². The number of ether oxygens (including phenoxy) is 3. The fraction of sp³-hybridized carbons (Fsp3) is 0.250. The predicted molar refractivity (Wildman–Crippen MR) is 76.9 cm³/mol. The van der Waals surface area contributed by atoms with Gasteiger partial charge in [-0.15, -0.1) is 0 Å². The summed E-state index contributed by atoms with van der Waals surface area (Å²) in [4.78, 5) is 0. The second-order valence-electron chi connectivity index (χ2n) is 4.28. The molecule has 21 heavy (non-hydrogen) atoms. The van der Waals surface area contributed by atoms with E-state index >= 15 is 0 Å². The summed E-state index contributed by atoms with van der Waals surface area (Å²) >= 11 is 0. The molecule has 2 rings (SSSR count). The molecule has 0 saturated carbocycles. The highest BCUT2D eigenvalue weighted by Gasteiger charge is 2.14. The maximum atomic E-state index is 13.2. The molecule has 0 amide bonds. The summed E-state index contributed by atoms with van der Waals surface area (Å²) in [7, 11) is 1.53. The number of halogens is 2. The van der Waals surface area contributed by atoms with Gasteiger partial charge < -0.3 is 14.2 Å². The zero-order chi connectivity index (χ0) is 15.1. The van der Waals surface area contributed by atoms with Crippen molar-refractivity contribution in [3.63, 3.8) is 0 Å². The van der Waals surface area contributed by atoms with Crippen molar-refractivity contribution >= 4 is 16.5 Å². The topological polar surface area (TPSA) is 27.7 Å². The van der Waals surface area contributed by atoms with Gasteiger partial charge in [-0.1, -0.05) is 42.5 Å². The normalized spacial score (nSPS) is 10.6. The Hall–Kier alpha value is -1.98. The maximum Gasteiger partial charge on any atom is 0.312 e. The van der Waals surface area contributed by atoms with E-state index in [2.05, 4.69) is 0 Å². The summed E-state index contributed by atoms with van der Waals surface area (Å²) in [6.07, 6.45) is -1.87. The van der Waals surface area contributed by atoms with Gasteiger partial charge >= 0.3 is 6.08 Å². The lowest BCUT2D eigenvalue weighted by atomic mass is 10.0. The number of methoxy groups -OCH3 is 1. The lowest BCUT2D eigenvalue weighted by Crippen LogP contribution is -2.06. The number of hydrogen-bond donors (Lipinski definition) is 0. The summed E-state index contributed by atoms with van der Waals surface area (Å²) in [6.45, 7) is 0.418. The minimum absolute atomic E-state index is 0.251. The smallest absolute Gasteiger partial charge is 0.312 e. The number of fused-ring (bicyclic) bond motifs is 1. The van der Waals surface area contributed by atoms with Crippen LogP contribution in [0.15, 0.2) is 48.5 Å². The highest BCUT2D eigenvalue weighted by Crippen LogP contribution is 2.29. The van der Waals surface area contributed by atoms with Crippen molar-refractivity contribution < 1.29 is 23.0 Å². The van der Waals surface area contributed by atoms with Crippen molar-refractivity contribution in [2.24, 2.45) is 0 Å². The molecular formula is C16H16F2O3. The molecule has 0 aliphatic heterocycles. The Balaban J connectivity index is 2.20. The molecule has 0 aliphatic rings. The van der Waals surface area contributed by atoms with Crippen LogP contribution in [-0.4, -0.2) is 27.1 Å². The molecule has 0 heterocycles. The van der Waals surface area contributed by atoms with Crippen LogP contribution in [0.5, 0.6) is 0 Å². The van der Waals surface area contributed by atoms with Crippen LogP contribution in [0.3, 0.4) is 0 Å². The van der Waals surface area contributed by atoms with Gasteiger partial charge in [0, 0.05) is 12.7 Å². The van der Waals surface area contributed by atoms with Crippen LogP contribution in [-0.2, 0) is 14.2 Å². The molecule has 2 aromatic carbocycles. The first kappa shape index (κ1) is 15.4. The molecule has 0 fully saturated rings. The number of hydrogen-bond acceptors (Lipinski definition) is 3. The molecule has 0 radical (unpaired) electrons. The summed E-state index contributed by atoms with van der Waals surface area (Å²) < 4.78 is 41.3. The molecule has 0 saturated heterocycles. The molecule has 0 atom stereocenters. The quantitative estimate of drug-likeness (QED) is 0.438. The van der Waals surface area contributed by atoms with Crippen LogP contribution in [0.1, 0.15) is 5.56 Å². The fourth-order valence-electron chi connectivity index (χ4n) is 1.96. The molecule has 0 unspecified atom stereocenters. The van der Waals surface area contributed by atoms with Gasteiger partial charge in [0.1, 0.15) is 0 Å². The van der Waals surface area contributed by atoms with Gasteiger partial charge in [0.05, 0.1) is 13.2 Å². The first-order chi connectivity index (χ1) is 10.2. The minimum atomic E-state index is -1.87. The molecular weight excluding hydrogens is 278 g/mol. The SMILES string of the molecule is COCCOCOC(=C(F)F)c1cccc2ccccc12. The summed E-state index contributed by atoms with van der Waals surface area (Å²) in [5.74, 6) is -0.454. The average Bonchev–Trinajstić information content (AvgIpc) is 2.50. The lowest BCUT2D eigenvalue weighted by molar-refractivity contribution is -0.0236. The highest BCUT2D eigenvalue weighted by molar-refractivity contribution is 5.92. The summed E-state index contributed by atoms with van der Waals surface area (Å²) in [5.41, 5.74) is 0.350. The predicted octanol–water partition coefficient (Wildman–Crippen LogP) is 4.04. The Bertz CT molecular complexity index is 616. The van der Waals surface area contributed by atoms with Gasteiger partial charge in [-0.2, -0.15) is 8.78 Å². The maximum absolute atomic E-state index is 13.2. The molecule has 0 spiro atoms. The monoisotopic (exact) mass is 294 g/mol. The molecule has 5 heteroatoms. The third-order valence-electron chi connectivity index (χ3n) is 2.92. The van der Waals surface area contributed by atoms with Crippen LogP contribution in [0.2, 0.25) is 0 Å². The van der Waals surface area contributed by atoms with Crippen molar-refractivity contribution in [1.29, 1.82) is 0 Å². The van der Waals surface area contributed by atoms with Gasteiger partial charge in [0.15, 0.2) is 12.6 Å². The van der Waals surface area contributed by atoms with E-state index in [4.69, 9.17) is 14.2 Å². The Labute approximate surface area is 121 Å². The molecule has 2 aromatic rings. The third kappa shape index (κ3) is 4.00. The summed E-state index contributed by atoms with van der Waals surface area (Å²) in [5, 5.41) is 1.58. The second-order valence-corrected chi connectivity index (χ2v) is 4.28. The van der Waals surface area contributed by atoms with E-state index in [1.807, 2.05) is 18.2 Å². The number of benzene rings is 2. The molecule has 0 N–H and O–H groups in total. The van der Waals surface area contributed by atoms with Crippen molar-refractivity contribution in [3.8, 4) is 0 Å². The van der Waals surface area contributed by atoms with E-state index < -0.39 is 11.8 Å². The first-order valence-electron chi connectivity index (χ1n) is 6.47. The minimum Gasteiger partial charge on any atom is -0.461 e. The van der Waals surface area contributed by atoms with Crippen LogP contribution in [0.25, 0.3) is 16.5 Å². The largest absolute Gasteiger partial charge is 0.461 e. The Morgan fingerprint density at radius 2 is 1.76 bits per heavy atom. The Morgan fingerprint density at radius 3 is 2.52 bits per heavy atom. The Morgan fingerprint density at radius 1 is 1.00 bits per heavy atom. The molecule has 0 bridgehead atoms. The van der Waals surface area contributed by atoms with E-state index in [0.717, 1.165) is 5.39 Å². The van der Waals surface area contributed by atoms with E-state index in [1.54, 1.807) is 24.3 Å². The molecule has 112 valence electrons. The van der Waals surface area contributed by atoms with Crippen molar-refractivity contribution in [2.75, 3.05) is 27.1 Å². The molecule has 0 aliphatic carbocycles. The van der Waals surface area contributed by atoms with Crippen LogP contribution in [0.4, 0.5) is 8.78 Å². The van der Waals surface area contributed by atoms with Crippen molar-refractivity contribution in [1.82, 2.24) is 0 Å². The average molecular weight is 294 g/mol. The zero-order valence-electron chi connectivity index (χ0n) is 11.6. The Kier molecular flexibility index (Phi) is 5.66. The fourth-order valence-corrected chi connectivity index (χ4v) is 1.96. The molecule has 3 nitrogen and oxygen atoms in total. The van der Waals surface area contributed by atoms with E-state index in [9.17, 15) is 8.78 Å². The van der Waals surface area contributed by atoms with Gasteiger partial charge in [0.2, 0.25) is 0 Å². The van der Waals surface area contributed by atoms with Crippen molar-refractivity contribution in [3.05, 3.63) is 54.1 Å². The lowest BCUT2D eigenvalue weighted by Gasteiger charge is -2.12. The number of rotatable bonds is 7. The standard InChI is InChI=1S/C16H16F2O3/c1-19-9-10-20-11-21-15(16(17)18)14-8-4-6-12-5-2-3-7-13(12)14/h2-8H,9-11H2,1H3. The third-order valence-corrected chi connectivity index (χ3v) is 2.92. The second kappa shape index (κ2) is 7.71. The van der Waals surface area contributed by atoms with Crippen LogP contribution < -0.4 is 0 Å². The highest BCUT2D eigenvalue weighted by atomic mass is 19.3. The molecule has 0 aromatic heterocycles. The van der Waals surface area contributed by atoms with Gasteiger partial charge in [-0.05, 0) is 10.8 Å². The van der Waals surface area contributed by atoms with E-state index in [-0.39, 0.29) is 13.4 Å². The van der Waals surface area contributed by atoms with E-state index in [0.29, 0.717) is 17.6 Å². The van der Waals surface area contributed by atoms with Gasteiger partial charge in [-0.25, -0.2) is 0 Å². The van der Waals surface area contributed by atoms with Gasteiger partial charge in [-0.3, -0.25) is 0 Å². The van der Waals surface area contributed by atoms with Crippen LogP contribution >= 0.6 is 0 Å².